The largest absolute Gasteiger partial charge is 0.465 e. The minimum atomic E-state index is -1.49. The van der Waals surface area contributed by atoms with Crippen molar-refractivity contribution in [3.8, 4) is 0 Å². The van der Waals surface area contributed by atoms with E-state index in [0.29, 0.717) is 28.9 Å². The van der Waals surface area contributed by atoms with Crippen LogP contribution >= 0.6 is 0 Å². The van der Waals surface area contributed by atoms with Crippen LogP contribution in [-0.4, -0.2) is 22.8 Å². The molecule has 3 atom stereocenters. The van der Waals surface area contributed by atoms with E-state index >= 15 is 0 Å². The third kappa shape index (κ3) is 3.88. The number of benzene rings is 2. The third-order valence-corrected chi connectivity index (χ3v) is 7.35. The summed E-state index contributed by atoms with van der Waals surface area (Å²) < 4.78 is 5.63. The molecule has 0 fully saturated rings. The molecule has 0 aliphatic heterocycles. The molecule has 4 heteroatoms. The van der Waals surface area contributed by atoms with Crippen LogP contribution in [0.5, 0.6) is 0 Å². The molecule has 32 heavy (non-hydrogen) atoms. The van der Waals surface area contributed by atoms with Gasteiger partial charge < -0.3 is 14.9 Å². The summed E-state index contributed by atoms with van der Waals surface area (Å²) in [5.41, 5.74) is 0.840. The third-order valence-electron chi connectivity index (χ3n) is 7.35. The lowest BCUT2D eigenvalue weighted by Gasteiger charge is -2.53. The molecule has 2 bridgehead atoms. The fourth-order valence-electron chi connectivity index (χ4n) is 5.60. The number of carbonyl (C=O) groups is 1. The average molecular weight is 437 g/mol. The van der Waals surface area contributed by atoms with Crippen LogP contribution in [0.15, 0.2) is 42.5 Å². The summed E-state index contributed by atoms with van der Waals surface area (Å²) in [6.45, 7) is 4.55. The van der Waals surface area contributed by atoms with E-state index in [9.17, 15) is 15.0 Å². The summed E-state index contributed by atoms with van der Waals surface area (Å²) in [5, 5.41) is 23.8. The van der Waals surface area contributed by atoms with Crippen LogP contribution in [0.2, 0.25) is 0 Å². The van der Waals surface area contributed by atoms with E-state index in [1.165, 1.54) is 32.1 Å². The Kier molecular flexibility index (Phi) is 6.73. The van der Waals surface area contributed by atoms with Crippen LogP contribution < -0.4 is 0 Å². The predicted octanol–water partition coefficient (Wildman–Crippen LogP) is 5.48. The molecule has 0 saturated carbocycles. The number of rotatable bonds is 10. The van der Waals surface area contributed by atoms with Gasteiger partial charge in [-0.05, 0) is 35.6 Å². The van der Waals surface area contributed by atoms with Crippen molar-refractivity contribution in [1.29, 1.82) is 0 Å². The molecular formula is C28H36O4. The number of carbonyl (C=O) groups excluding carboxylic acids is 1. The molecule has 5 rings (SSSR count). The second kappa shape index (κ2) is 9.36. The number of hydrogen-bond acceptors (Lipinski definition) is 4. The Morgan fingerprint density at radius 1 is 0.906 bits per heavy atom. The van der Waals surface area contributed by atoms with Gasteiger partial charge in [-0.1, -0.05) is 99.9 Å². The standard InChI is InChI=1S/C28H36O4/c1-3-4-5-6-7-8-9-12-17-32-26(29)25-19-27(30)21-13-10-11-14-22(21)28(25,31)23-16-15-20(2)18-24(23)27/h10-11,13-16,18,25,30-31H,3-9,12,17,19H2,1-2H3. The molecule has 0 saturated heterocycles. The Labute approximate surface area is 191 Å². The second-order valence-corrected chi connectivity index (χ2v) is 9.62. The van der Waals surface area contributed by atoms with Crippen molar-refractivity contribution in [2.75, 3.05) is 6.61 Å². The molecule has 3 unspecified atom stereocenters. The maximum Gasteiger partial charge on any atom is 0.312 e. The van der Waals surface area contributed by atoms with Gasteiger partial charge in [0.15, 0.2) is 0 Å². The van der Waals surface area contributed by atoms with Crippen LogP contribution in [-0.2, 0) is 20.7 Å². The van der Waals surface area contributed by atoms with Gasteiger partial charge in [0.2, 0.25) is 0 Å². The predicted molar refractivity (Wildman–Crippen MR) is 125 cm³/mol. The quantitative estimate of drug-likeness (QED) is 0.382. The van der Waals surface area contributed by atoms with Crippen molar-refractivity contribution < 1.29 is 19.7 Å². The zero-order chi connectivity index (χ0) is 22.8. The van der Waals surface area contributed by atoms with Gasteiger partial charge in [-0.2, -0.15) is 0 Å². The molecule has 0 aromatic heterocycles. The Morgan fingerprint density at radius 3 is 2.25 bits per heavy atom. The minimum Gasteiger partial charge on any atom is -0.465 e. The lowest BCUT2D eigenvalue weighted by atomic mass is 9.54. The summed E-state index contributed by atoms with van der Waals surface area (Å²) in [7, 11) is 0. The highest BCUT2D eigenvalue weighted by molar-refractivity contribution is 5.79. The lowest BCUT2D eigenvalue weighted by Crippen LogP contribution is -2.57. The summed E-state index contributed by atoms with van der Waals surface area (Å²) >= 11 is 0. The van der Waals surface area contributed by atoms with Crippen LogP contribution in [0, 0.1) is 12.8 Å². The van der Waals surface area contributed by atoms with E-state index < -0.39 is 23.1 Å². The SMILES string of the molecule is CCCCCCCCCCOC(=O)C1CC2(O)c3ccccc3C1(O)c1ccc(C)cc12. The van der Waals surface area contributed by atoms with Crippen molar-refractivity contribution in [1.82, 2.24) is 0 Å². The fourth-order valence-corrected chi connectivity index (χ4v) is 5.60. The highest BCUT2D eigenvalue weighted by atomic mass is 16.5. The highest BCUT2D eigenvalue weighted by Crippen LogP contribution is 2.59. The molecule has 2 aromatic rings. The first kappa shape index (κ1) is 23.0. The summed E-state index contributed by atoms with van der Waals surface area (Å²) in [4.78, 5) is 13.1. The van der Waals surface area contributed by atoms with Crippen molar-refractivity contribution in [3.63, 3.8) is 0 Å². The molecular weight excluding hydrogens is 400 g/mol. The smallest absolute Gasteiger partial charge is 0.312 e. The molecule has 2 aromatic carbocycles. The zero-order valence-electron chi connectivity index (χ0n) is 19.4. The summed E-state index contributed by atoms with van der Waals surface area (Å²) in [6, 6.07) is 13.1. The second-order valence-electron chi connectivity index (χ2n) is 9.62. The molecule has 172 valence electrons. The zero-order valence-corrected chi connectivity index (χ0v) is 19.4. The number of hydrogen-bond donors (Lipinski definition) is 2. The van der Waals surface area contributed by atoms with Crippen LogP contribution in [0.4, 0.5) is 0 Å². The van der Waals surface area contributed by atoms with Crippen LogP contribution in [0.3, 0.4) is 0 Å². The van der Waals surface area contributed by atoms with Crippen molar-refractivity contribution in [3.05, 3.63) is 70.3 Å². The molecule has 3 aliphatic rings. The number of esters is 1. The van der Waals surface area contributed by atoms with Gasteiger partial charge in [0.25, 0.3) is 0 Å². The Morgan fingerprint density at radius 2 is 1.53 bits per heavy atom. The van der Waals surface area contributed by atoms with Crippen molar-refractivity contribution in [2.24, 2.45) is 5.92 Å². The molecule has 0 radical (unpaired) electrons. The number of aryl methyl sites for hydroxylation is 1. The Balaban J connectivity index is 1.46. The van der Waals surface area contributed by atoms with E-state index in [4.69, 9.17) is 4.74 Å². The van der Waals surface area contributed by atoms with Gasteiger partial charge in [0.05, 0.1) is 12.5 Å². The average Bonchev–Trinajstić information content (AvgIpc) is 2.79. The first-order chi connectivity index (χ1) is 15.4. The van der Waals surface area contributed by atoms with E-state index in [1.807, 2.05) is 49.4 Å². The van der Waals surface area contributed by atoms with E-state index in [-0.39, 0.29) is 6.42 Å². The highest BCUT2D eigenvalue weighted by Gasteiger charge is 2.62. The van der Waals surface area contributed by atoms with Gasteiger partial charge in [-0.3, -0.25) is 4.79 Å². The topological polar surface area (TPSA) is 66.8 Å². The monoisotopic (exact) mass is 436 g/mol. The van der Waals surface area contributed by atoms with Gasteiger partial charge in [0.1, 0.15) is 11.2 Å². The Hall–Kier alpha value is -2.17. The molecule has 3 aliphatic carbocycles. The summed E-state index contributed by atoms with van der Waals surface area (Å²) in [6.07, 6.45) is 9.55. The van der Waals surface area contributed by atoms with Crippen LogP contribution in [0.1, 0.15) is 92.5 Å². The first-order valence-electron chi connectivity index (χ1n) is 12.3. The maximum absolute atomic E-state index is 13.1. The van der Waals surface area contributed by atoms with Gasteiger partial charge >= 0.3 is 5.97 Å². The number of fused-ring (bicyclic) bond motifs is 1. The molecule has 0 amide bonds. The number of ether oxygens (including phenoxy) is 1. The van der Waals surface area contributed by atoms with E-state index in [1.54, 1.807) is 0 Å². The number of unbranched alkanes of at least 4 members (excludes halogenated alkanes) is 7. The number of aliphatic hydroxyl groups is 2. The molecule has 0 heterocycles. The first-order valence-corrected chi connectivity index (χ1v) is 12.3. The van der Waals surface area contributed by atoms with Gasteiger partial charge in [0, 0.05) is 6.42 Å². The normalized spacial score (nSPS) is 25.3. The minimum absolute atomic E-state index is 0.132. The molecule has 0 spiro atoms. The van der Waals surface area contributed by atoms with E-state index in [0.717, 1.165) is 24.8 Å². The van der Waals surface area contributed by atoms with Gasteiger partial charge in [-0.25, -0.2) is 0 Å². The van der Waals surface area contributed by atoms with Gasteiger partial charge in [-0.15, -0.1) is 0 Å². The van der Waals surface area contributed by atoms with Crippen molar-refractivity contribution >= 4 is 5.97 Å². The lowest BCUT2D eigenvalue weighted by molar-refractivity contribution is -0.167. The Bertz CT molecular complexity index is 968. The van der Waals surface area contributed by atoms with Crippen molar-refractivity contribution in [2.45, 2.75) is 82.8 Å². The molecule has 2 N–H and O–H groups in total. The summed E-state index contributed by atoms with van der Waals surface area (Å²) in [5.74, 6) is -1.25. The van der Waals surface area contributed by atoms with Crippen LogP contribution in [0.25, 0.3) is 0 Å². The maximum atomic E-state index is 13.1. The molecule has 4 nitrogen and oxygen atoms in total. The van der Waals surface area contributed by atoms with E-state index in [2.05, 4.69) is 6.92 Å². The fraction of sp³-hybridized carbons (Fsp3) is 0.536.